The Morgan fingerprint density at radius 1 is 1.12 bits per heavy atom. The van der Waals surface area contributed by atoms with E-state index in [4.69, 9.17) is 4.74 Å². The molecule has 3 aromatic rings. The average Bonchev–Trinajstić information content (AvgIpc) is 3.03. The molecule has 0 saturated heterocycles. The van der Waals surface area contributed by atoms with E-state index >= 15 is 0 Å². The molecule has 0 aliphatic rings. The van der Waals surface area contributed by atoms with Crippen LogP contribution in [0.3, 0.4) is 0 Å². The summed E-state index contributed by atoms with van der Waals surface area (Å²) in [6.45, 7) is 2.04. The lowest BCUT2D eigenvalue weighted by molar-refractivity contribution is -0.115. The Hall–Kier alpha value is -3.08. The number of hydrogen-bond acceptors (Lipinski definition) is 3. The van der Waals surface area contributed by atoms with Gasteiger partial charge >= 0.3 is 5.97 Å². The number of carbonyl (C=O) groups is 2. The SMILES string of the molecule is CCOC(=O)c1ccccc1NC(=O)Cc1ccc2[nH]ccc2c1. The van der Waals surface area contributed by atoms with Crippen molar-refractivity contribution < 1.29 is 14.3 Å². The normalized spacial score (nSPS) is 10.5. The van der Waals surface area contributed by atoms with Gasteiger partial charge in [0.2, 0.25) is 5.91 Å². The van der Waals surface area contributed by atoms with Gasteiger partial charge < -0.3 is 15.0 Å². The maximum absolute atomic E-state index is 12.3. The molecule has 1 heterocycles. The first-order chi connectivity index (χ1) is 11.7. The molecule has 0 saturated carbocycles. The fourth-order valence-electron chi connectivity index (χ4n) is 2.57. The number of fused-ring (bicyclic) bond motifs is 1. The van der Waals surface area contributed by atoms with Gasteiger partial charge in [-0.15, -0.1) is 0 Å². The van der Waals surface area contributed by atoms with E-state index in [9.17, 15) is 9.59 Å². The zero-order valence-electron chi connectivity index (χ0n) is 13.3. The number of ether oxygens (including phenoxy) is 1. The predicted octanol–water partition coefficient (Wildman–Crippen LogP) is 3.53. The monoisotopic (exact) mass is 322 g/mol. The van der Waals surface area contributed by atoms with Crippen LogP contribution >= 0.6 is 0 Å². The number of aromatic amines is 1. The van der Waals surface area contributed by atoms with Crippen LogP contribution in [0.25, 0.3) is 10.9 Å². The number of H-pyrrole nitrogens is 1. The number of nitrogens with one attached hydrogen (secondary N) is 2. The number of amides is 1. The van der Waals surface area contributed by atoms with Crippen molar-refractivity contribution in [2.24, 2.45) is 0 Å². The molecule has 24 heavy (non-hydrogen) atoms. The summed E-state index contributed by atoms with van der Waals surface area (Å²) < 4.78 is 5.01. The maximum Gasteiger partial charge on any atom is 0.340 e. The molecule has 5 nitrogen and oxygen atoms in total. The van der Waals surface area contributed by atoms with Crippen molar-refractivity contribution in [3.8, 4) is 0 Å². The van der Waals surface area contributed by atoms with E-state index in [0.29, 0.717) is 11.3 Å². The van der Waals surface area contributed by atoms with E-state index < -0.39 is 5.97 Å². The van der Waals surface area contributed by atoms with Crippen molar-refractivity contribution >= 4 is 28.5 Å². The molecule has 5 heteroatoms. The Kier molecular flexibility index (Phi) is 4.61. The zero-order valence-corrected chi connectivity index (χ0v) is 13.3. The molecule has 0 bridgehead atoms. The molecule has 0 aliphatic heterocycles. The van der Waals surface area contributed by atoms with Gasteiger partial charge in [-0.2, -0.15) is 0 Å². The largest absolute Gasteiger partial charge is 0.462 e. The molecule has 1 amide bonds. The Bertz CT molecular complexity index is 883. The van der Waals surface area contributed by atoms with Gasteiger partial charge in [0.05, 0.1) is 24.3 Å². The summed E-state index contributed by atoms with van der Waals surface area (Å²) >= 11 is 0. The van der Waals surface area contributed by atoms with Crippen LogP contribution in [0.15, 0.2) is 54.7 Å². The molecule has 0 aliphatic carbocycles. The van der Waals surface area contributed by atoms with Gasteiger partial charge in [-0.05, 0) is 48.2 Å². The molecule has 2 N–H and O–H groups in total. The van der Waals surface area contributed by atoms with Crippen LogP contribution in [0.4, 0.5) is 5.69 Å². The Labute approximate surface area is 139 Å². The number of para-hydroxylation sites is 1. The molecule has 1 aromatic heterocycles. The summed E-state index contributed by atoms with van der Waals surface area (Å²) in [6, 6.07) is 14.6. The van der Waals surface area contributed by atoms with Gasteiger partial charge in [-0.25, -0.2) is 4.79 Å². The van der Waals surface area contributed by atoms with Crippen LogP contribution in [0.2, 0.25) is 0 Å². The molecule has 0 atom stereocenters. The standard InChI is InChI=1S/C19H18N2O3/c1-2-24-19(23)15-5-3-4-6-17(15)21-18(22)12-13-7-8-16-14(11-13)9-10-20-16/h3-11,20H,2,12H2,1H3,(H,21,22). The summed E-state index contributed by atoms with van der Waals surface area (Å²) in [5, 5.41) is 3.85. The van der Waals surface area contributed by atoms with Crippen LogP contribution in [0.5, 0.6) is 0 Å². The molecular formula is C19H18N2O3. The average molecular weight is 322 g/mol. The molecular weight excluding hydrogens is 304 g/mol. The zero-order chi connectivity index (χ0) is 16.9. The van der Waals surface area contributed by atoms with Gasteiger partial charge in [-0.1, -0.05) is 18.2 Å². The summed E-state index contributed by atoms with van der Waals surface area (Å²) in [7, 11) is 0. The van der Waals surface area contributed by atoms with Crippen molar-refractivity contribution in [3.63, 3.8) is 0 Å². The first kappa shape index (κ1) is 15.8. The first-order valence-electron chi connectivity index (χ1n) is 7.79. The predicted molar refractivity (Wildman–Crippen MR) is 93.0 cm³/mol. The van der Waals surface area contributed by atoms with Crippen LogP contribution in [-0.2, 0) is 16.0 Å². The highest BCUT2D eigenvalue weighted by Crippen LogP contribution is 2.18. The van der Waals surface area contributed by atoms with Crippen molar-refractivity contribution in [2.75, 3.05) is 11.9 Å². The molecule has 0 spiro atoms. The van der Waals surface area contributed by atoms with E-state index in [1.165, 1.54) is 0 Å². The van der Waals surface area contributed by atoms with Gasteiger partial charge in [0.25, 0.3) is 0 Å². The topological polar surface area (TPSA) is 71.2 Å². The molecule has 0 radical (unpaired) electrons. The highest BCUT2D eigenvalue weighted by molar-refractivity contribution is 6.01. The van der Waals surface area contributed by atoms with Crippen molar-refractivity contribution in [1.29, 1.82) is 0 Å². The Morgan fingerprint density at radius 3 is 2.79 bits per heavy atom. The number of benzene rings is 2. The molecule has 3 rings (SSSR count). The van der Waals surface area contributed by atoms with E-state index in [1.807, 2.05) is 30.5 Å². The van der Waals surface area contributed by atoms with Gasteiger partial charge in [0.1, 0.15) is 0 Å². The number of hydrogen-bond donors (Lipinski definition) is 2. The fraction of sp³-hybridized carbons (Fsp3) is 0.158. The molecule has 122 valence electrons. The third kappa shape index (κ3) is 3.46. The second-order valence-corrected chi connectivity index (χ2v) is 5.39. The summed E-state index contributed by atoms with van der Waals surface area (Å²) in [4.78, 5) is 27.4. The van der Waals surface area contributed by atoms with E-state index in [2.05, 4.69) is 10.3 Å². The number of anilines is 1. The molecule has 2 aromatic carbocycles. The minimum Gasteiger partial charge on any atom is -0.462 e. The van der Waals surface area contributed by atoms with Crippen molar-refractivity contribution in [3.05, 3.63) is 65.9 Å². The minimum atomic E-state index is -0.442. The van der Waals surface area contributed by atoms with E-state index in [1.54, 1.807) is 31.2 Å². The summed E-state index contributed by atoms with van der Waals surface area (Å²) in [5.74, 6) is -0.622. The van der Waals surface area contributed by atoms with E-state index in [0.717, 1.165) is 16.5 Å². The third-order valence-electron chi connectivity index (χ3n) is 3.68. The number of aromatic nitrogens is 1. The smallest absolute Gasteiger partial charge is 0.340 e. The lowest BCUT2D eigenvalue weighted by Gasteiger charge is -2.10. The van der Waals surface area contributed by atoms with Crippen LogP contribution < -0.4 is 5.32 Å². The minimum absolute atomic E-state index is 0.179. The van der Waals surface area contributed by atoms with Crippen LogP contribution in [0.1, 0.15) is 22.8 Å². The Balaban J connectivity index is 1.74. The highest BCUT2D eigenvalue weighted by atomic mass is 16.5. The maximum atomic E-state index is 12.3. The van der Waals surface area contributed by atoms with Crippen molar-refractivity contribution in [2.45, 2.75) is 13.3 Å². The van der Waals surface area contributed by atoms with Crippen LogP contribution in [-0.4, -0.2) is 23.5 Å². The third-order valence-corrected chi connectivity index (χ3v) is 3.68. The van der Waals surface area contributed by atoms with Crippen LogP contribution in [0, 0.1) is 0 Å². The lowest BCUT2D eigenvalue weighted by atomic mass is 10.1. The summed E-state index contributed by atoms with van der Waals surface area (Å²) in [5.41, 5.74) is 2.76. The second kappa shape index (κ2) is 7.00. The van der Waals surface area contributed by atoms with Gasteiger partial charge in [0.15, 0.2) is 0 Å². The Morgan fingerprint density at radius 2 is 1.96 bits per heavy atom. The quantitative estimate of drug-likeness (QED) is 0.706. The van der Waals surface area contributed by atoms with Crippen molar-refractivity contribution in [1.82, 2.24) is 4.98 Å². The number of carbonyl (C=O) groups excluding carboxylic acids is 2. The van der Waals surface area contributed by atoms with E-state index in [-0.39, 0.29) is 18.9 Å². The van der Waals surface area contributed by atoms with Gasteiger partial charge in [0, 0.05) is 11.7 Å². The first-order valence-corrected chi connectivity index (χ1v) is 7.79. The second-order valence-electron chi connectivity index (χ2n) is 5.39. The van der Waals surface area contributed by atoms with Gasteiger partial charge in [-0.3, -0.25) is 4.79 Å². The molecule has 0 fully saturated rings. The summed E-state index contributed by atoms with van der Waals surface area (Å²) in [6.07, 6.45) is 2.10. The fourth-order valence-corrected chi connectivity index (χ4v) is 2.57. The number of esters is 1. The number of rotatable bonds is 5. The highest BCUT2D eigenvalue weighted by Gasteiger charge is 2.14. The molecule has 0 unspecified atom stereocenters. The lowest BCUT2D eigenvalue weighted by Crippen LogP contribution is -2.17.